The molecule has 0 unspecified atom stereocenters. The molecule has 2 amide bonds. The molecule has 1 aliphatic heterocycles. The SMILES string of the molecule is CC(C)(C)OC(=O)N1CCN(C(=O)OCc2cccc(OCCc3ccccc3)c2)CC1. The van der Waals surface area contributed by atoms with E-state index in [-0.39, 0.29) is 18.8 Å². The summed E-state index contributed by atoms with van der Waals surface area (Å²) < 4.78 is 16.7. The predicted molar refractivity (Wildman–Crippen MR) is 122 cm³/mol. The number of carbonyl (C=O) groups is 2. The molecule has 0 aliphatic carbocycles. The summed E-state index contributed by atoms with van der Waals surface area (Å²) in [6, 6.07) is 17.8. The Morgan fingerprint density at radius 1 is 0.844 bits per heavy atom. The van der Waals surface area contributed by atoms with Crippen LogP contribution in [0.5, 0.6) is 5.75 Å². The molecule has 172 valence electrons. The number of amides is 2. The van der Waals surface area contributed by atoms with Gasteiger partial charge in [0.15, 0.2) is 0 Å². The first-order chi connectivity index (χ1) is 15.3. The number of hydrogen-bond donors (Lipinski definition) is 0. The average Bonchev–Trinajstić information content (AvgIpc) is 2.77. The lowest BCUT2D eigenvalue weighted by molar-refractivity contribution is 0.0125. The van der Waals surface area contributed by atoms with Crippen LogP contribution in [-0.2, 0) is 22.5 Å². The summed E-state index contributed by atoms with van der Waals surface area (Å²) >= 11 is 0. The molecule has 7 nitrogen and oxygen atoms in total. The van der Waals surface area contributed by atoms with E-state index in [0.29, 0.717) is 32.8 Å². The van der Waals surface area contributed by atoms with Crippen molar-refractivity contribution >= 4 is 12.2 Å². The zero-order chi connectivity index (χ0) is 23.0. The molecule has 2 aromatic carbocycles. The highest BCUT2D eigenvalue weighted by atomic mass is 16.6. The second-order valence-electron chi connectivity index (χ2n) is 8.74. The molecule has 0 radical (unpaired) electrons. The minimum absolute atomic E-state index is 0.168. The fourth-order valence-corrected chi connectivity index (χ4v) is 3.29. The minimum atomic E-state index is -0.535. The van der Waals surface area contributed by atoms with E-state index in [4.69, 9.17) is 14.2 Å². The summed E-state index contributed by atoms with van der Waals surface area (Å²) in [5.74, 6) is 0.750. The van der Waals surface area contributed by atoms with Crippen molar-refractivity contribution in [1.82, 2.24) is 9.80 Å². The van der Waals surface area contributed by atoms with Crippen molar-refractivity contribution in [2.45, 2.75) is 39.4 Å². The van der Waals surface area contributed by atoms with Crippen LogP contribution < -0.4 is 4.74 Å². The van der Waals surface area contributed by atoms with Gasteiger partial charge < -0.3 is 24.0 Å². The van der Waals surface area contributed by atoms with Gasteiger partial charge in [-0.15, -0.1) is 0 Å². The summed E-state index contributed by atoms with van der Waals surface area (Å²) in [5, 5.41) is 0. The molecule has 0 atom stereocenters. The Morgan fingerprint density at radius 2 is 1.47 bits per heavy atom. The zero-order valence-electron chi connectivity index (χ0n) is 19.1. The maximum absolute atomic E-state index is 12.4. The predicted octanol–water partition coefficient (Wildman–Crippen LogP) is 4.50. The number of rotatable bonds is 6. The Kier molecular flexibility index (Phi) is 7.98. The van der Waals surface area contributed by atoms with E-state index in [1.807, 2.05) is 63.2 Å². The molecule has 1 fully saturated rings. The van der Waals surface area contributed by atoms with E-state index >= 15 is 0 Å². The van der Waals surface area contributed by atoms with Crippen LogP contribution >= 0.6 is 0 Å². The van der Waals surface area contributed by atoms with Gasteiger partial charge in [0.05, 0.1) is 6.61 Å². The minimum Gasteiger partial charge on any atom is -0.493 e. The standard InChI is InChI=1S/C25H32N2O5/c1-25(2,3)32-24(29)27-15-13-26(14-16-27)23(28)31-19-21-10-7-11-22(18-21)30-17-12-20-8-5-4-6-9-20/h4-11,18H,12-17,19H2,1-3H3. The number of nitrogens with zero attached hydrogens (tertiary/aromatic N) is 2. The Morgan fingerprint density at radius 3 is 2.12 bits per heavy atom. The van der Waals surface area contributed by atoms with Crippen LogP contribution in [0, 0.1) is 0 Å². The Hall–Kier alpha value is -3.22. The van der Waals surface area contributed by atoms with Gasteiger partial charge >= 0.3 is 12.2 Å². The second-order valence-corrected chi connectivity index (χ2v) is 8.74. The first kappa shape index (κ1) is 23.4. The average molecular weight is 441 g/mol. The van der Waals surface area contributed by atoms with Gasteiger partial charge in [0.1, 0.15) is 18.0 Å². The van der Waals surface area contributed by atoms with Gasteiger partial charge in [0, 0.05) is 32.6 Å². The largest absolute Gasteiger partial charge is 0.493 e. The molecule has 1 saturated heterocycles. The molecule has 7 heteroatoms. The van der Waals surface area contributed by atoms with E-state index in [2.05, 4.69) is 12.1 Å². The Bertz CT molecular complexity index is 887. The maximum Gasteiger partial charge on any atom is 0.410 e. The molecule has 0 bridgehead atoms. The molecule has 2 aromatic rings. The maximum atomic E-state index is 12.4. The molecule has 0 saturated carbocycles. The van der Waals surface area contributed by atoms with Gasteiger partial charge in [-0.2, -0.15) is 0 Å². The fourth-order valence-electron chi connectivity index (χ4n) is 3.29. The van der Waals surface area contributed by atoms with Gasteiger partial charge in [-0.05, 0) is 44.0 Å². The van der Waals surface area contributed by atoms with Gasteiger partial charge in [-0.25, -0.2) is 9.59 Å². The number of benzene rings is 2. The van der Waals surface area contributed by atoms with Crippen LogP contribution in [0.15, 0.2) is 54.6 Å². The van der Waals surface area contributed by atoms with Crippen molar-refractivity contribution in [3.8, 4) is 5.75 Å². The van der Waals surface area contributed by atoms with E-state index in [1.165, 1.54) is 5.56 Å². The lowest BCUT2D eigenvalue weighted by Crippen LogP contribution is -2.51. The van der Waals surface area contributed by atoms with Crippen molar-refractivity contribution in [3.05, 3.63) is 65.7 Å². The Balaban J connectivity index is 1.40. The van der Waals surface area contributed by atoms with Crippen LogP contribution in [0.2, 0.25) is 0 Å². The molecular formula is C25H32N2O5. The highest BCUT2D eigenvalue weighted by Gasteiger charge is 2.28. The van der Waals surface area contributed by atoms with Gasteiger partial charge in [-0.1, -0.05) is 42.5 Å². The lowest BCUT2D eigenvalue weighted by atomic mass is 10.2. The number of ether oxygens (including phenoxy) is 3. The number of hydrogen-bond acceptors (Lipinski definition) is 5. The van der Waals surface area contributed by atoms with E-state index in [0.717, 1.165) is 17.7 Å². The molecule has 32 heavy (non-hydrogen) atoms. The molecule has 0 spiro atoms. The monoisotopic (exact) mass is 440 g/mol. The number of carbonyl (C=O) groups excluding carboxylic acids is 2. The fraction of sp³-hybridized carbons (Fsp3) is 0.440. The molecular weight excluding hydrogens is 408 g/mol. The van der Waals surface area contributed by atoms with Crippen molar-refractivity contribution in [3.63, 3.8) is 0 Å². The zero-order valence-corrected chi connectivity index (χ0v) is 19.1. The summed E-state index contributed by atoms with van der Waals surface area (Å²) in [6.07, 6.45) is 0.0915. The third-order valence-corrected chi connectivity index (χ3v) is 4.95. The molecule has 0 aromatic heterocycles. The third-order valence-electron chi connectivity index (χ3n) is 4.95. The second kappa shape index (κ2) is 10.9. The van der Waals surface area contributed by atoms with Crippen molar-refractivity contribution in [2.75, 3.05) is 32.8 Å². The first-order valence-corrected chi connectivity index (χ1v) is 11.0. The van der Waals surface area contributed by atoms with Crippen LogP contribution in [0.4, 0.5) is 9.59 Å². The summed E-state index contributed by atoms with van der Waals surface area (Å²) in [5.41, 5.74) is 1.56. The quantitative estimate of drug-likeness (QED) is 0.662. The van der Waals surface area contributed by atoms with Gasteiger partial charge in [-0.3, -0.25) is 0 Å². The molecule has 1 heterocycles. The normalized spacial score (nSPS) is 14.1. The number of piperazine rings is 1. The van der Waals surface area contributed by atoms with Gasteiger partial charge in [0.2, 0.25) is 0 Å². The molecule has 0 N–H and O–H groups in total. The van der Waals surface area contributed by atoms with Crippen molar-refractivity contribution in [1.29, 1.82) is 0 Å². The molecule has 1 aliphatic rings. The lowest BCUT2D eigenvalue weighted by Gasteiger charge is -2.35. The highest BCUT2D eigenvalue weighted by Crippen LogP contribution is 2.16. The topological polar surface area (TPSA) is 68.3 Å². The smallest absolute Gasteiger partial charge is 0.410 e. The van der Waals surface area contributed by atoms with Crippen LogP contribution in [-0.4, -0.2) is 60.4 Å². The van der Waals surface area contributed by atoms with E-state index in [1.54, 1.807) is 9.80 Å². The van der Waals surface area contributed by atoms with Crippen molar-refractivity contribution in [2.24, 2.45) is 0 Å². The van der Waals surface area contributed by atoms with Crippen molar-refractivity contribution < 1.29 is 23.8 Å². The van der Waals surface area contributed by atoms with Crippen LogP contribution in [0.3, 0.4) is 0 Å². The van der Waals surface area contributed by atoms with Crippen LogP contribution in [0.1, 0.15) is 31.9 Å². The molecule has 3 rings (SSSR count). The third kappa shape index (κ3) is 7.48. The van der Waals surface area contributed by atoms with E-state index in [9.17, 15) is 9.59 Å². The summed E-state index contributed by atoms with van der Waals surface area (Å²) in [7, 11) is 0. The van der Waals surface area contributed by atoms with Gasteiger partial charge in [0.25, 0.3) is 0 Å². The summed E-state index contributed by atoms with van der Waals surface area (Å²) in [6.45, 7) is 7.94. The first-order valence-electron chi connectivity index (χ1n) is 11.0. The highest BCUT2D eigenvalue weighted by molar-refractivity contribution is 5.70. The van der Waals surface area contributed by atoms with Crippen LogP contribution in [0.25, 0.3) is 0 Å². The summed E-state index contributed by atoms with van der Waals surface area (Å²) in [4.78, 5) is 27.8. The van der Waals surface area contributed by atoms with E-state index < -0.39 is 5.60 Å². The Labute approximate surface area is 189 Å².